The number of hydrogen-bond donors (Lipinski definition) is 2. The Kier molecular flexibility index (Phi) is 7.71. The number of hydrogen-bond acceptors (Lipinski definition) is 4. The molecule has 1 rings (SSSR count). The molecule has 0 aliphatic carbocycles. The molecule has 1 aromatic rings. The van der Waals surface area contributed by atoms with Crippen molar-refractivity contribution < 1.29 is 9.53 Å². The van der Waals surface area contributed by atoms with Crippen molar-refractivity contribution in [2.24, 2.45) is 5.73 Å². The van der Waals surface area contributed by atoms with Crippen LogP contribution in [0.3, 0.4) is 0 Å². The molecule has 1 amide bonds. The standard InChI is InChI=1S/C15H23N3O2S/c1-3-7-17-14(19)11-18(2)8-9-20-13-6-4-5-12(10-13)15(16)21/h4-6,10H,3,7-9,11H2,1-2H3,(H2,16,21)(H,17,19). The van der Waals surface area contributed by atoms with E-state index in [1.54, 1.807) is 0 Å². The largest absolute Gasteiger partial charge is 0.492 e. The molecule has 0 radical (unpaired) electrons. The van der Waals surface area contributed by atoms with Crippen LogP contribution in [0, 0.1) is 0 Å². The van der Waals surface area contributed by atoms with Gasteiger partial charge in [0.2, 0.25) is 5.91 Å². The van der Waals surface area contributed by atoms with Crippen molar-refractivity contribution in [2.75, 3.05) is 33.3 Å². The zero-order chi connectivity index (χ0) is 15.7. The van der Waals surface area contributed by atoms with E-state index in [1.807, 2.05) is 43.1 Å². The number of likely N-dealkylation sites (N-methyl/N-ethyl adjacent to an activating group) is 1. The fourth-order valence-corrected chi connectivity index (χ4v) is 1.83. The molecule has 5 nitrogen and oxygen atoms in total. The molecule has 0 heterocycles. The molecule has 0 atom stereocenters. The van der Waals surface area contributed by atoms with Gasteiger partial charge in [-0.1, -0.05) is 31.3 Å². The van der Waals surface area contributed by atoms with Gasteiger partial charge in [0.15, 0.2) is 0 Å². The van der Waals surface area contributed by atoms with Gasteiger partial charge in [-0.25, -0.2) is 0 Å². The van der Waals surface area contributed by atoms with Crippen LogP contribution < -0.4 is 15.8 Å². The third kappa shape index (κ3) is 7.06. The molecule has 0 fully saturated rings. The van der Waals surface area contributed by atoms with Crippen LogP contribution in [-0.4, -0.2) is 49.1 Å². The Hall–Kier alpha value is -1.66. The zero-order valence-corrected chi connectivity index (χ0v) is 13.4. The lowest BCUT2D eigenvalue weighted by Gasteiger charge is -2.16. The molecule has 0 saturated heterocycles. The lowest BCUT2D eigenvalue weighted by molar-refractivity contribution is -0.122. The van der Waals surface area contributed by atoms with Gasteiger partial charge in [0.05, 0.1) is 6.54 Å². The van der Waals surface area contributed by atoms with Gasteiger partial charge >= 0.3 is 0 Å². The molecule has 0 saturated carbocycles. The van der Waals surface area contributed by atoms with Gasteiger partial charge in [-0.3, -0.25) is 9.69 Å². The number of nitrogens with zero attached hydrogens (tertiary/aromatic N) is 1. The van der Waals surface area contributed by atoms with E-state index in [1.165, 1.54) is 0 Å². The molecule has 0 aromatic heterocycles. The summed E-state index contributed by atoms with van der Waals surface area (Å²) in [7, 11) is 1.89. The SMILES string of the molecule is CCCNC(=O)CN(C)CCOc1cccc(C(N)=S)c1. The van der Waals surface area contributed by atoms with Gasteiger partial charge in [-0.15, -0.1) is 0 Å². The van der Waals surface area contributed by atoms with Crippen molar-refractivity contribution in [3.05, 3.63) is 29.8 Å². The average molecular weight is 309 g/mol. The molecular formula is C15H23N3O2S. The topological polar surface area (TPSA) is 67.6 Å². The van der Waals surface area contributed by atoms with Crippen LogP contribution in [-0.2, 0) is 4.79 Å². The van der Waals surface area contributed by atoms with Crippen molar-refractivity contribution in [1.82, 2.24) is 10.2 Å². The van der Waals surface area contributed by atoms with E-state index in [0.717, 1.165) is 24.3 Å². The molecule has 0 aliphatic heterocycles. The second-order valence-corrected chi connectivity index (χ2v) is 5.27. The van der Waals surface area contributed by atoms with Crippen molar-refractivity contribution in [2.45, 2.75) is 13.3 Å². The van der Waals surface area contributed by atoms with E-state index in [0.29, 0.717) is 24.7 Å². The average Bonchev–Trinajstić information content (AvgIpc) is 2.45. The minimum Gasteiger partial charge on any atom is -0.492 e. The number of nitrogens with two attached hydrogens (primary N) is 1. The number of carbonyl (C=O) groups is 1. The van der Waals surface area contributed by atoms with Crippen LogP contribution in [0.2, 0.25) is 0 Å². The highest BCUT2D eigenvalue weighted by molar-refractivity contribution is 7.80. The predicted molar refractivity (Wildman–Crippen MR) is 88.6 cm³/mol. The molecule has 0 spiro atoms. The molecule has 21 heavy (non-hydrogen) atoms. The van der Waals surface area contributed by atoms with Crippen molar-refractivity contribution in [3.63, 3.8) is 0 Å². The van der Waals surface area contributed by atoms with E-state index in [4.69, 9.17) is 22.7 Å². The Morgan fingerprint density at radius 2 is 2.24 bits per heavy atom. The van der Waals surface area contributed by atoms with Gasteiger partial charge in [0.1, 0.15) is 17.3 Å². The molecule has 0 aliphatic rings. The van der Waals surface area contributed by atoms with Crippen LogP contribution in [0.15, 0.2) is 24.3 Å². The van der Waals surface area contributed by atoms with E-state index in [9.17, 15) is 4.79 Å². The first-order valence-electron chi connectivity index (χ1n) is 7.00. The maximum Gasteiger partial charge on any atom is 0.234 e. The molecule has 0 bridgehead atoms. The van der Waals surface area contributed by atoms with Gasteiger partial charge in [-0.05, 0) is 25.6 Å². The Bertz CT molecular complexity index is 480. The predicted octanol–water partition coefficient (Wildman–Crippen LogP) is 1.16. The second-order valence-electron chi connectivity index (χ2n) is 4.83. The molecular weight excluding hydrogens is 286 g/mol. The van der Waals surface area contributed by atoms with Gasteiger partial charge < -0.3 is 15.8 Å². The quantitative estimate of drug-likeness (QED) is 0.670. The summed E-state index contributed by atoms with van der Waals surface area (Å²) in [6.07, 6.45) is 0.942. The number of carbonyl (C=O) groups excluding carboxylic acids is 1. The molecule has 1 aromatic carbocycles. The third-order valence-corrected chi connectivity index (χ3v) is 3.08. The summed E-state index contributed by atoms with van der Waals surface area (Å²) >= 11 is 4.93. The van der Waals surface area contributed by atoms with Gasteiger partial charge in [-0.2, -0.15) is 0 Å². The summed E-state index contributed by atoms with van der Waals surface area (Å²) in [5.74, 6) is 0.763. The maximum absolute atomic E-state index is 11.5. The Morgan fingerprint density at radius 3 is 2.90 bits per heavy atom. The fourth-order valence-electron chi connectivity index (χ4n) is 1.70. The van der Waals surface area contributed by atoms with Crippen LogP contribution in [0.4, 0.5) is 0 Å². The number of thiocarbonyl (C=S) groups is 1. The Morgan fingerprint density at radius 1 is 1.48 bits per heavy atom. The van der Waals surface area contributed by atoms with Gasteiger partial charge in [0, 0.05) is 18.7 Å². The van der Waals surface area contributed by atoms with E-state index < -0.39 is 0 Å². The first-order valence-corrected chi connectivity index (χ1v) is 7.41. The van der Waals surface area contributed by atoms with E-state index in [2.05, 4.69) is 5.32 Å². The van der Waals surface area contributed by atoms with Crippen molar-refractivity contribution in [1.29, 1.82) is 0 Å². The maximum atomic E-state index is 11.5. The first kappa shape index (κ1) is 17.4. The van der Waals surface area contributed by atoms with Crippen molar-refractivity contribution >= 4 is 23.1 Å². The number of rotatable bonds is 9. The smallest absolute Gasteiger partial charge is 0.234 e. The molecule has 6 heteroatoms. The minimum atomic E-state index is 0.0369. The number of amides is 1. The van der Waals surface area contributed by atoms with Crippen LogP contribution in [0.25, 0.3) is 0 Å². The minimum absolute atomic E-state index is 0.0369. The summed E-state index contributed by atoms with van der Waals surface area (Å²) < 4.78 is 5.64. The number of benzene rings is 1. The highest BCUT2D eigenvalue weighted by atomic mass is 32.1. The number of ether oxygens (including phenoxy) is 1. The fraction of sp³-hybridized carbons (Fsp3) is 0.467. The first-order chi connectivity index (χ1) is 10.0. The van der Waals surface area contributed by atoms with Crippen LogP contribution in [0.5, 0.6) is 5.75 Å². The summed E-state index contributed by atoms with van der Waals surface area (Å²) in [4.78, 5) is 13.8. The van der Waals surface area contributed by atoms with Crippen LogP contribution in [0.1, 0.15) is 18.9 Å². The molecule has 3 N–H and O–H groups in total. The highest BCUT2D eigenvalue weighted by Gasteiger charge is 2.06. The summed E-state index contributed by atoms with van der Waals surface area (Å²) in [6, 6.07) is 7.37. The Balaban J connectivity index is 2.31. The molecule has 0 unspecified atom stereocenters. The van der Waals surface area contributed by atoms with E-state index >= 15 is 0 Å². The second kappa shape index (κ2) is 9.31. The van der Waals surface area contributed by atoms with Crippen molar-refractivity contribution in [3.8, 4) is 5.75 Å². The normalized spacial score (nSPS) is 10.4. The lowest BCUT2D eigenvalue weighted by atomic mass is 10.2. The third-order valence-electron chi connectivity index (χ3n) is 2.85. The zero-order valence-electron chi connectivity index (χ0n) is 12.6. The summed E-state index contributed by atoms with van der Waals surface area (Å²) in [6.45, 7) is 4.28. The monoisotopic (exact) mass is 309 g/mol. The highest BCUT2D eigenvalue weighted by Crippen LogP contribution is 2.13. The van der Waals surface area contributed by atoms with Crippen LogP contribution >= 0.6 is 12.2 Å². The van der Waals surface area contributed by atoms with E-state index in [-0.39, 0.29) is 5.91 Å². The molecule has 116 valence electrons. The lowest BCUT2D eigenvalue weighted by Crippen LogP contribution is -2.37. The number of nitrogens with one attached hydrogen (secondary N) is 1. The van der Waals surface area contributed by atoms with Gasteiger partial charge in [0.25, 0.3) is 0 Å². The Labute approximate surface area is 131 Å². The summed E-state index contributed by atoms with van der Waals surface area (Å²) in [5, 5.41) is 2.84. The summed E-state index contributed by atoms with van der Waals surface area (Å²) in [5.41, 5.74) is 6.36.